The van der Waals surface area contributed by atoms with Gasteiger partial charge in [0.05, 0.1) is 0 Å². The minimum Gasteiger partial charge on any atom is -0.424 e. The van der Waals surface area contributed by atoms with Crippen LogP contribution in [0.2, 0.25) is 0 Å². The van der Waals surface area contributed by atoms with Crippen LogP contribution in [0.5, 0.6) is 5.75 Å². The molecule has 0 N–H and O–H groups in total. The maximum Gasteiger partial charge on any atom is 0.349 e. The third-order valence-electron chi connectivity index (χ3n) is 2.97. The molecule has 1 fully saturated rings. The molecule has 0 aromatic heterocycles. The number of hydrogen-bond acceptors (Lipinski definition) is 2. The first-order chi connectivity index (χ1) is 7.71. The largest absolute Gasteiger partial charge is 0.424 e. The predicted molar refractivity (Wildman–Crippen MR) is 59.0 cm³/mol. The molecule has 1 aromatic carbocycles. The van der Waals surface area contributed by atoms with Gasteiger partial charge in [0.15, 0.2) is 0 Å². The number of carbonyl (C=O) groups excluding carboxylic acids is 1. The average molecular weight is 222 g/mol. The van der Waals surface area contributed by atoms with Crippen LogP contribution in [0.25, 0.3) is 0 Å². The van der Waals surface area contributed by atoms with Crippen LogP contribution in [0.15, 0.2) is 30.3 Å². The standard InChI is InChI=1S/C13H15FO2/c14-13(9-5-2-6-10-13)12(15)16-11-7-3-1-4-8-11/h1,3-4,7-8H,2,5-6,9-10H2. The molecule has 2 rings (SSSR count). The summed E-state index contributed by atoms with van der Waals surface area (Å²) in [5.41, 5.74) is -1.77. The summed E-state index contributed by atoms with van der Waals surface area (Å²) in [7, 11) is 0. The van der Waals surface area contributed by atoms with Gasteiger partial charge in [0.2, 0.25) is 5.67 Å². The molecule has 0 saturated heterocycles. The van der Waals surface area contributed by atoms with E-state index in [2.05, 4.69) is 0 Å². The summed E-state index contributed by atoms with van der Waals surface area (Å²) >= 11 is 0. The second-order valence-electron chi connectivity index (χ2n) is 4.23. The summed E-state index contributed by atoms with van der Waals surface area (Å²) in [5, 5.41) is 0. The van der Waals surface area contributed by atoms with Gasteiger partial charge >= 0.3 is 5.97 Å². The van der Waals surface area contributed by atoms with E-state index in [1.54, 1.807) is 24.3 Å². The number of carbonyl (C=O) groups is 1. The van der Waals surface area contributed by atoms with E-state index in [1.165, 1.54) is 0 Å². The summed E-state index contributed by atoms with van der Waals surface area (Å²) in [6, 6.07) is 8.65. The fraction of sp³-hybridized carbons (Fsp3) is 0.462. The van der Waals surface area contributed by atoms with Crippen molar-refractivity contribution in [3.8, 4) is 5.75 Å². The van der Waals surface area contributed by atoms with E-state index in [1.807, 2.05) is 6.07 Å². The average Bonchev–Trinajstić information content (AvgIpc) is 2.31. The fourth-order valence-electron chi connectivity index (χ4n) is 2.00. The Kier molecular flexibility index (Phi) is 3.22. The Balaban J connectivity index is 2.02. The van der Waals surface area contributed by atoms with Gasteiger partial charge in [-0.05, 0) is 37.8 Å². The highest BCUT2D eigenvalue weighted by Crippen LogP contribution is 2.33. The first-order valence-electron chi connectivity index (χ1n) is 5.67. The Morgan fingerprint density at radius 2 is 1.75 bits per heavy atom. The molecule has 86 valence electrons. The minimum absolute atomic E-state index is 0.290. The van der Waals surface area contributed by atoms with E-state index < -0.39 is 11.6 Å². The molecule has 0 radical (unpaired) electrons. The number of benzene rings is 1. The highest BCUT2D eigenvalue weighted by atomic mass is 19.1. The molecule has 0 unspecified atom stereocenters. The Morgan fingerprint density at radius 1 is 1.12 bits per heavy atom. The van der Waals surface area contributed by atoms with Crippen molar-refractivity contribution in [3.05, 3.63) is 30.3 Å². The zero-order valence-electron chi connectivity index (χ0n) is 9.12. The smallest absolute Gasteiger partial charge is 0.349 e. The highest BCUT2D eigenvalue weighted by Gasteiger charge is 2.41. The first-order valence-corrected chi connectivity index (χ1v) is 5.67. The van der Waals surface area contributed by atoms with Crippen LogP contribution in [-0.4, -0.2) is 11.6 Å². The van der Waals surface area contributed by atoms with Crippen LogP contribution in [0.1, 0.15) is 32.1 Å². The molecular weight excluding hydrogens is 207 g/mol. The van der Waals surface area contributed by atoms with E-state index in [9.17, 15) is 9.18 Å². The number of hydrogen-bond donors (Lipinski definition) is 0. The van der Waals surface area contributed by atoms with Gasteiger partial charge in [-0.3, -0.25) is 0 Å². The number of rotatable bonds is 2. The van der Waals surface area contributed by atoms with Gasteiger partial charge in [0.25, 0.3) is 0 Å². The lowest BCUT2D eigenvalue weighted by Crippen LogP contribution is -2.39. The first kappa shape index (κ1) is 11.1. The van der Waals surface area contributed by atoms with Crippen molar-refractivity contribution >= 4 is 5.97 Å². The monoisotopic (exact) mass is 222 g/mol. The molecule has 16 heavy (non-hydrogen) atoms. The fourth-order valence-corrected chi connectivity index (χ4v) is 2.00. The van der Waals surface area contributed by atoms with Crippen molar-refractivity contribution in [1.82, 2.24) is 0 Å². The molecule has 3 heteroatoms. The van der Waals surface area contributed by atoms with Crippen molar-refractivity contribution in [1.29, 1.82) is 0 Å². The van der Waals surface area contributed by atoms with E-state index >= 15 is 0 Å². The quantitative estimate of drug-likeness (QED) is 0.567. The van der Waals surface area contributed by atoms with Crippen molar-refractivity contribution in [2.75, 3.05) is 0 Å². The van der Waals surface area contributed by atoms with Crippen molar-refractivity contribution < 1.29 is 13.9 Å². The lowest BCUT2D eigenvalue weighted by Gasteiger charge is -2.26. The van der Waals surface area contributed by atoms with Crippen molar-refractivity contribution in [2.45, 2.75) is 37.8 Å². The maximum absolute atomic E-state index is 14.2. The molecule has 0 spiro atoms. The van der Waals surface area contributed by atoms with E-state index in [0.29, 0.717) is 18.6 Å². The lowest BCUT2D eigenvalue weighted by atomic mass is 9.86. The Bertz CT molecular complexity index is 355. The van der Waals surface area contributed by atoms with Crippen LogP contribution in [-0.2, 0) is 4.79 Å². The van der Waals surface area contributed by atoms with Crippen LogP contribution in [0.3, 0.4) is 0 Å². The van der Waals surface area contributed by atoms with Gasteiger partial charge in [0, 0.05) is 0 Å². The number of ether oxygens (including phenoxy) is 1. The second kappa shape index (κ2) is 4.64. The minimum atomic E-state index is -1.77. The summed E-state index contributed by atoms with van der Waals surface area (Å²) in [4.78, 5) is 11.7. The summed E-state index contributed by atoms with van der Waals surface area (Å²) in [6.45, 7) is 0. The van der Waals surface area contributed by atoms with E-state index in [0.717, 1.165) is 19.3 Å². The van der Waals surface area contributed by atoms with Crippen molar-refractivity contribution in [2.24, 2.45) is 0 Å². The second-order valence-corrected chi connectivity index (χ2v) is 4.23. The Morgan fingerprint density at radius 3 is 2.38 bits per heavy atom. The number of alkyl halides is 1. The highest BCUT2D eigenvalue weighted by molar-refractivity contribution is 5.81. The molecule has 1 aliphatic carbocycles. The van der Waals surface area contributed by atoms with Crippen LogP contribution < -0.4 is 4.74 Å². The Labute approximate surface area is 94.4 Å². The molecule has 0 amide bonds. The maximum atomic E-state index is 14.2. The number of para-hydroxylation sites is 1. The van der Waals surface area contributed by atoms with E-state index in [4.69, 9.17) is 4.74 Å². The number of esters is 1. The van der Waals surface area contributed by atoms with Gasteiger partial charge in [0.1, 0.15) is 5.75 Å². The Hall–Kier alpha value is -1.38. The van der Waals surface area contributed by atoms with Crippen LogP contribution >= 0.6 is 0 Å². The zero-order chi connectivity index (χ0) is 11.4. The van der Waals surface area contributed by atoms with Crippen LogP contribution in [0, 0.1) is 0 Å². The van der Waals surface area contributed by atoms with Gasteiger partial charge in [-0.25, -0.2) is 9.18 Å². The lowest BCUT2D eigenvalue weighted by molar-refractivity contribution is -0.150. The van der Waals surface area contributed by atoms with Crippen molar-refractivity contribution in [3.63, 3.8) is 0 Å². The molecule has 2 nitrogen and oxygen atoms in total. The molecule has 1 saturated carbocycles. The number of halogens is 1. The van der Waals surface area contributed by atoms with Gasteiger partial charge in [-0.15, -0.1) is 0 Å². The molecular formula is C13H15FO2. The molecule has 0 aliphatic heterocycles. The van der Waals surface area contributed by atoms with Crippen LogP contribution in [0.4, 0.5) is 4.39 Å². The summed E-state index contributed by atoms with van der Waals surface area (Å²) in [6.07, 6.45) is 3.11. The van der Waals surface area contributed by atoms with E-state index in [-0.39, 0.29) is 0 Å². The third-order valence-corrected chi connectivity index (χ3v) is 2.97. The molecule has 0 atom stereocenters. The molecule has 0 heterocycles. The topological polar surface area (TPSA) is 26.3 Å². The third kappa shape index (κ3) is 2.40. The SMILES string of the molecule is O=C(Oc1ccccc1)C1(F)CCCCC1. The summed E-state index contributed by atoms with van der Waals surface area (Å²) in [5.74, 6) is -0.325. The van der Waals surface area contributed by atoms with Gasteiger partial charge in [-0.1, -0.05) is 24.6 Å². The predicted octanol–water partition coefficient (Wildman–Crippen LogP) is 3.26. The normalized spacial score (nSPS) is 19.1. The molecule has 0 bridgehead atoms. The molecule has 1 aliphatic rings. The van der Waals surface area contributed by atoms with Gasteiger partial charge < -0.3 is 4.74 Å². The van der Waals surface area contributed by atoms with Gasteiger partial charge in [-0.2, -0.15) is 0 Å². The summed E-state index contributed by atoms with van der Waals surface area (Å²) < 4.78 is 19.2. The molecule has 1 aromatic rings. The zero-order valence-corrected chi connectivity index (χ0v) is 9.12.